The Bertz CT molecular complexity index is 814. The number of fused-ring (bicyclic) bond motifs is 1. The minimum atomic E-state index is 0.357. The molecule has 0 bridgehead atoms. The third-order valence-electron chi connectivity index (χ3n) is 4.67. The molecule has 2 aromatic heterocycles. The molecule has 0 N–H and O–H groups in total. The molecule has 0 spiro atoms. The lowest BCUT2D eigenvalue weighted by Gasteiger charge is -2.38. The van der Waals surface area contributed by atoms with Crippen molar-refractivity contribution in [1.82, 2.24) is 24.8 Å². The number of hydrogen-bond donors (Lipinski definition) is 0. The van der Waals surface area contributed by atoms with Crippen LogP contribution in [0.2, 0.25) is 0 Å². The summed E-state index contributed by atoms with van der Waals surface area (Å²) >= 11 is 0. The van der Waals surface area contributed by atoms with Crippen molar-refractivity contribution in [3.8, 4) is 0 Å². The molecule has 24 heavy (non-hydrogen) atoms. The summed E-state index contributed by atoms with van der Waals surface area (Å²) in [6.07, 6.45) is 7.08. The van der Waals surface area contributed by atoms with Gasteiger partial charge in [-0.25, -0.2) is 9.97 Å². The van der Waals surface area contributed by atoms with E-state index in [2.05, 4.69) is 54.9 Å². The monoisotopic (exact) mass is 320 g/mol. The Labute approximate surface area is 141 Å². The Morgan fingerprint density at radius 1 is 0.833 bits per heavy atom. The second kappa shape index (κ2) is 6.49. The molecular weight excluding hydrogens is 300 g/mol. The number of rotatable bonds is 3. The highest BCUT2D eigenvalue weighted by Gasteiger charge is 2.23. The van der Waals surface area contributed by atoms with Crippen LogP contribution < -0.4 is 4.90 Å². The van der Waals surface area contributed by atoms with E-state index in [4.69, 9.17) is 0 Å². The highest BCUT2D eigenvalue weighted by atomic mass is 15.3. The van der Waals surface area contributed by atoms with Crippen LogP contribution in [0.3, 0.4) is 0 Å². The van der Waals surface area contributed by atoms with Gasteiger partial charge in [0.15, 0.2) is 0 Å². The number of nitrogens with zero attached hydrogens (tertiary/aromatic N) is 6. The van der Waals surface area contributed by atoms with Crippen LogP contribution in [0, 0.1) is 0 Å². The molecule has 1 saturated heterocycles. The first kappa shape index (κ1) is 15.0. The van der Waals surface area contributed by atoms with E-state index in [1.54, 1.807) is 24.8 Å². The summed E-state index contributed by atoms with van der Waals surface area (Å²) in [5.41, 5.74) is 3.19. The predicted molar refractivity (Wildman–Crippen MR) is 93.8 cm³/mol. The Morgan fingerprint density at radius 3 is 2.29 bits per heavy atom. The molecule has 1 fully saturated rings. The van der Waals surface area contributed by atoms with Crippen molar-refractivity contribution in [3.63, 3.8) is 0 Å². The molecule has 1 aromatic carbocycles. The highest BCUT2D eigenvalue weighted by molar-refractivity contribution is 5.74. The molecule has 1 aliphatic heterocycles. The summed E-state index contributed by atoms with van der Waals surface area (Å²) in [6, 6.07) is 8.58. The molecule has 1 atom stereocenters. The van der Waals surface area contributed by atoms with Crippen molar-refractivity contribution < 1.29 is 0 Å². The van der Waals surface area contributed by atoms with Crippen LogP contribution in [-0.4, -0.2) is 51.0 Å². The molecule has 6 heteroatoms. The summed E-state index contributed by atoms with van der Waals surface area (Å²) in [4.78, 5) is 22.2. The van der Waals surface area contributed by atoms with E-state index in [1.165, 1.54) is 5.56 Å². The van der Waals surface area contributed by atoms with Gasteiger partial charge in [0.1, 0.15) is 0 Å². The van der Waals surface area contributed by atoms with E-state index in [0.29, 0.717) is 6.04 Å². The van der Waals surface area contributed by atoms with Gasteiger partial charge in [-0.05, 0) is 30.7 Å². The summed E-state index contributed by atoms with van der Waals surface area (Å²) in [6.45, 7) is 6.14. The molecule has 4 rings (SSSR count). The molecule has 0 aliphatic carbocycles. The Kier molecular flexibility index (Phi) is 4.04. The quantitative estimate of drug-likeness (QED) is 0.738. The van der Waals surface area contributed by atoms with E-state index >= 15 is 0 Å². The van der Waals surface area contributed by atoms with Gasteiger partial charge in [-0.2, -0.15) is 0 Å². The van der Waals surface area contributed by atoms with Crippen LogP contribution in [0.1, 0.15) is 18.5 Å². The largest absolute Gasteiger partial charge is 0.338 e. The van der Waals surface area contributed by atoms with Crippen molar-refractivity contribution in [3.05, 3.63) is 54.6 Å². The highest BCUT2D eigenvalue weighted by Crippen LogP contribution is 2.24. The maximum absolute atomic E-state index is 4.42. The van der Waals surface area contributed by atoms with E-state index in [0.717, 1.165) is 43.2 Å². The lowest BCUT2D eigenvalue weighted by atomic mass is 10.1. The number of benzene rings is 1. The molecule has 6 nitrogen and oxygen atoms in total. The van der Waals surface area contributed by atoms with Gasteiger partial charge in [0.2, 0.25) is 5.95 Å². The Balaban J connectivity index is 1.46. The Morgan fingerprint density at radius 2 is 1.54 bits per heavy atom. The summed E-state index contributed by atoms with van der Waals surface area (Å²) in [7, 11) is 0. The van der Waals surface area contributed by atoms with E-state index in [9.17, 15) is 0 Å². The lowest BCUT2D eigenvalue weighted by molar-refractivity contribution is 0.198. The van der Waals surface area contributed by atoms with Gasteiger partial charge in [0.25, 0.3) is 0 Å². The first-order valence-electron chi connectivity index (χ1n) is 8.28. The third kappa shape index (κ3) is 2.92. The van der Waals surface area contributed by atoms with Crippen molar-refractivity contribution in [1.29, 1.82) is 0 Å². The smallest absolute Gasteiger partial charge is 0.225 e. The van der Waals surface area contributed by atoms with Gasteiger partial charge >= 0.3 is 0 Å². The SMILES string of the molecule is C[C@H](c1ccc2nccnc2c1)N1CCN(c2ncccn2)CC1. The fourth-order valence-electron chi connectivity index (χ4n) is 3.21. The molecule has 3 aromatic rings. The van der Waals surface area contributed by atoms with Crippen LogP contribution in [0.5, 0.6) is 0 Å². The van der Waals surface area contributed by atoms with Gasteiger partial charge in [-0.3, -0.25) is 14.9 Å². The first-order chi connectivity index (χ1) is 11.8. The van der Waals surface area contributed by atoms with Crippen molar-refractivity contribution >= 4 is 17.0 Å². The third-order valence-corrected chi connectivity index (χ3v) is 4.67. The van der Waals surface area contributed by atoms with Gasteiger partial charge in [0.05, 0.1) is 11.0 Å². The van der Waals surface area contributed by atoms with E-state index in [1.807, 2.05) is 6.07 Å². The van der Waals surface area contributed by atoms with Crippen LogP contribution >= 0.6 is 0 Å². The zero-order valence-corrected chi connectivity index (χ0v) is 13.7. The maximum atomic E-state index is 4.42. The molecule has 0 amide bonds. The van der Waals surface area contributed by atoms with Gasteiger partial charge in [-0.1, -0.05) is 6.07 Å². The molecule has 0 saturated carbocycles. The van der Waals surface area contributed by atoms with Crippen molar-refractivity contribution in [2.75, 3.05) is 31.1 Å². The second-order valence-corrected chi connectivity index (χ2v) is 6.05. The summed E-state index contributed by atoms with van der Waals surface area (Å²) in [5, 5.41) is 0. The van der Waals surface area contributed by atoms with Crippen LogP contribution in [0.15, 0.2) is 49.1 Å². The zero-order chi connectivity index (χ0) is 16.4. The standard InChI is InChI=1S/C18H20N6/c1-14(15-3-4-16-17(13-15)20-8-7-19-16)23-9-11-24(12-10-23)18-21-5-2-6-22-18/h2-8,13-14H,9-12H2,1H3/t14-/m1/s1. The number of aromatic nitrogens is 4. The average Bonchev–Trinajstić information content (AvgIpc) is 2.68. The zero-order valence-electron chi connectivity index (χ0n) is 13.7. The van der Waals surface area contributed by atoms with Gasteiger partial charge in [-0.15, -0.1) is 0 Å². The van der Waals surface area contributed by atoms with Crippen molar-refractivity contribution in [2.45, 2.75) is 13.0 Å². The van der Waals surface area contributed by atoms with Crippen molar-refractivity contribution in [2.24, 2.45) is 0 Å². The second-order valence-electron chi connectivity index (χ2n) is 6.05. The van der Waals surface area contributed by atoms with Crippen LogP contribution in [0.25, 0.3) is 11.0 Å². The minimum absolute atomic E-state index is 0.357. The van der Waals surface area contributed by atoms with E-state index in [-0.39, 0.29) is 0 Å². The van der Waals surface area contributed by atoms with Gasteiger partial charge < -0.3 is 4.90 Å². The van der Waals surface area contributed by atoms with Crippen LogP contribution in [-0.2, 0) is 0 Å². The van der Waals surface area contributed by atoms with Crippen LogP contribution in [0.4, 0.5) is 5.95 Å². The predicted octanol–water partition coefficient (Wildman–Crippen LogP) is 2.30. The topological polar surface area (TPSA) is 58.0 Å². The van der Waals surface area contributed by atoms with E-state index < -0.39 is 0 Å². The summed E-state index contributed by atoms with van der Waals surface area (Å²) < 4.78 is 0. The molecule has 0 radical (unpaired) electrons. The number of anilines is 1. The normalized spacial score (nSPS) is 17.1. The average molecular weight is 320 g/mol. The maximum Gasteiger partial charge on any atom is 0.225 e. The Hall–Kier alpha value is -2.60. The fourth-order valence-corrected chi connectivity index (χ4v) is 3.21. The first-order valence-corrected chi connectivity index (χ1v) is 8.28. The fraction of sp³-hybridized carbons (Fsp3) is 0.333. The minimum Gasteiger partial charge on any atom is -0.338 e. The molecule has 122 valence electrons. The number of hydrogen-bond acceptors (Lipinski definition) is 6. The molecule has 0 unspecified atom stereocenters. The lowest BCUT2D eigenvalue weighted by Crippen LogP contribution is -2.47. The summed E-state index contributed by atoms with van der Waals surface area (Å²) in [5.74, 6) is 0.825. The molecule has 3 heterocycles. The number of piperazine rings is 1. The molecule has 1 aliphatic rings. The van der Waals surface area contributed by atoms with Gasteiger partial charge in [0, 0.05) is 57.0 Å². The molecular formula is C18H20N6.